The number of fused-ring (bicyclic) bond motifs is 1. The Bertz CT molecular complexity index is 559. The highest BCUT2D eigenvalue weighted by Crippen LogP contribution is 2.14. The number of aromatic amines is 1. The van der Waals surface area contributed by atoms with Crippen LogP contribution in [-0.2, 0) is 0 Å². The van der Waals surface area contributed by atoms with E-state index in [1.165, 1.54) is 0 Å². The summed E-state index contributed by atoms with van der Waals surface area (Å²) in [6.45, 7) is 4.28. The molecular formula is C14H18N2O. The summed E-state index contributed by atoms with van der Waals surface area (Å²) in [5, 5.41) is 5.03. The van der Waals surface area contributed by atoms with Crippen molar-refractivity contribution in [2.75, 3.05) is 5.32 Å². The molecule has 90 valence electrons. The van der Waals surface area contributed by atoms with Crippen molar-refractivity contribution in [1.29, 1.82) is 0 Å². The number of rotatable bonds is 4. The lowest BCUT2D eigenvalue weighted by Crippen LogP contribution is -2.18. The summed E-state index contributed by atoms with van der Waals surface area (Å²) in [7, 11) is 0. The number of pyridine rings is 1. The maximum absolute atomic E-state index is 11.8. The van der Waals surface area contributed by atoms with Gasteiger partial charge in [-0.25, -0.2) is 0 Å². The first kappa shape index (κ1) is 11.7. The number of hydrogen-bond donors (Lipinski definition) is 2. The molecule has 0 aliphatic carbocycles. The van der Waals surface area contributed by atoms with Gasteiger partial charge < -0.3 is 10.3 Å². The molecule has 0 amide bonds. The lowest BCUT2D eigenvalue weighted by atomic mass is 10.1. The number of nitrogens with one attached hydrogen (secondary N) is 2. The molecule has 0 saturated heterocycles. The van der Waals surface area contributed by atoms with Gasteiger partial charge in [0.25, 0.3) is 5.56 Å². The maximum Gasteiger partial charge on any atom is 0.257 e. The lowest BCUT2D eigenvalue weighted by molar-refractivity contribution is 0.687. The zero-order valence-corrected chi connectivity index (χ0v) is 10.3. The Balaban J connectivity index is 2.33. The maximum atomic E-state index is 11.8. The smallest absolute Gasteiger partial charge is 0.257 e. The minimum Gasteiger partial charge on any atom is -0.369 e. The fraction of sp³-hybridized carbons (Fsp3) is 0.357. The molecule has 2 N–H and O–H groups in total. The minimum absolute atomic E-state index is 0.0331. The third kappa shape index (κ3) is 2.67. The van der Waals surface area contributed by atoms with Crippen LogP contribution in [0.4, 0.5) is 5.82 Å². The van der Waals surface area contributed by atoms with Gasteiger partial charge in [-0.1, -0.05) is 31.5 Å². The van der Waals surface area contributed by atoms with E-state index in [2.05, 4.69) is 24.1 Å². The van der Waals surface area contributed by atoms with E-state index in [0.717, 1.165) is 29.4 Å². The summed E-state index contributed by atoms with van der Waals surface area (Å²) in [5.41, 5.74) is -0.0331. The van der Waals surface area contributed by atoms with Crippen LogP contribution in [0.3, 0.4) is 0 Å². The molecule has 1 heterocycles. The first-order valence-corrected chi connectivity index (χ1v) is 6.09. The second-order valence-electron chi connectivity index (χ2n) is 4.43. The van der Waals surface area contributed by atoms with E-state index in [4.69, 9.17) is 0 Å². The van der Waals surface area contributed by atoms with Crippen LogP contribution in [0.5, 0.6) is 0 Å². The summed E-state index contributed by atoms with van der Waals surface area (Å²) < 4.78 is 0. The average Bonchev–Trinajstić information content (AvgIpc) is 2.29. The van der Waals surface area contributed by atoms with Gasteiger partial charge >= 0.3 is 0 Å². The zero-order chi connectivity index (χ0) is 12.3. The average molecular weight is 230 g/mol. The molecule has 0 spiro atoms. The Labute approximate surface area is 101 Å². The molecule has 0 aliphatic rings. The largest absolute Gasteiger partial charge is 0.369 e. The van der Waals surface area contributed by atoms with Crippen LogP contribution in [0.25, 0.3) is 10.8 Å². The van der Waals surface area contributed by atoms with E-state index in [9.17, 15) is 4.79 Å². The Morgan fingerprint density at radius 3 is 2.88 bits per heavy atom. The molecule has 1 aromatic heterocycles. The molecule has 2 aromatic rings. The first-order valence-electron chi connectivity index (χ1n) is 6.09. The highest BCUT2D eigenvalue weighted by molar-refractivity contribution is 5.83. The van der Waals surface area contributed by atoms with Crippen molar-refractivity contribution in [2.24, 2.45) is 0 Å². The number of benzene rings is 1. The minimum atomic E-state index is -0.0331. The van der Waals surface area contributed by atoms with Crippen LogP contribution in [-0.4, -0.2) is 11.0 Å². The number of anilines is 1. The van der Waals surface area contributed by atoms with Crippen LogP contribution >= 0.6 is 0 Å². The molecule has 1 atom stereocenters. The van der Waals surface area contributed by atoms with Crippen molar-refractivity contribution in [2.45, 2.75) is 32.7 Å². The summed E-state index contributed by atoms with van der Waals surface area (Å²) >= 11 is 0. The standard InChI is InChI=1S/C14H18N2O/c1-3-6-10(2)15-13-9-11-7-4-5-8-12(11)14(17)16-13/h4-5,7-10H,3,6H2,1-2H3,(H2,15,16,17). The van der Waals surface area contributed by atoms with E-state index in [-0.39, 0.29) is 5.56 Å². The van der Waals surface area contributed by atoms with Crippen LogP contribution in [0, 0.1) is 0 Å². The van der Waals surface area contributed by atoms with E-state index < -0.39 is 0 Å². The lowest BCUT2D eigenvalue weighted by Gasteiger charge is -2.14. The monoisotopic (exact) mass is 230 g/mol. The third-order valence-electron chi connectivity index (χ3n) is 2.88. The highest BCUT2D eigenvalue weighted by Gasteiger charge is 2.04. The van der Waals surface area contributed by atoms with Gasteiger partial charge in [0.15, 0.2) is 0 Å². The molecule has 2 rings (SSSR count). The van der Waals surface area contributed by atoms with Gasteiger partial charge in [-0.3, -0.25) is 4.79 Å². The second kappa shape index (κ2) is 5.04. The van der Waals surface area contributed by atoms with Gasteiger partial charge in [0.2, 0.25) is 0 Å². The fourth-order valence-corrected chi connectivity index (χ4v) is 2.06. The molecule has 0 fully saturated rings. The van der Waals surface area contributed by atoms with E-state index in [1.54, 1.807) is 0 Å². The van der Waals surface area contributed by atoms with Crippen LogP contribution in [0.2, 0.25) is 0 Å². The van der Waals surface area contributed by atoms with Gasteiger partial charge in [-0.2, -0.15) is 0 Å². The predicted octanol–water partition coefficient (Wildman–Crippen LogP) is 3.13. The summed E-state index contributed by atoms with van der Waals surface area (Å²) in [5.74, 6) is 0.801. The first-order chi connectivity index (χ1) is 8.20. The predicted molar refractivity (Wildman–Crippen MR) is 72.6 cm³/mol. The van der Waals surface area contributed by atoms with Crippen molar-refractivity contribution in [3.63, 3.8) is 0 Å². The van der Waals surface area contributed by atoms with E-state index in [1.807, 2.05) is 30.3 Å². The van der Waals surface area contributed by atoms with E-state index >= 15 is 0 Å². The van der Waals surface area contributed by atoms with Crippen molar-refractivity contribution in [3.05, 3.63) is 40.7 Å². The quantitative estimate of drug-likeness (QED) is 0.847. The van der Waals surface area contributed by atoms with Crippen LogP contribution in [0.15, 0.2) is 35.1 Å². The second-order valence-corrected chi connectivity index (χ2v) is 4.43. The Morgan fingerprint density at radius 2 is 2.12 bits per heavy atom. The fourth-order valence-electron chi connectivity index (χ4n) is 2.06. The molecule has 3 heteroatoms. The number of hydrogen-bond acceptors (Lipinski definition) is 2. The Morgan fingerprint density at radius 1 is 1.35 bits per heavy atom. The van der Waals surface area contributed by atoms with Crippen LogP contribution in [0.1, 0.15) is 26.7 Å². The summed E-state index contributed by atoms with van der Waals surface area (Å²) in [6, 6.07) is 9.99. The molecule has 1 unspecified atom stereocenters. The molecular weight excluding hydrogens is 212 g/mol. The van der Waals surface area contributed by atoms with Crippen LogP contribution < -0.4 is 10.9 Å². The third-order valence-corrected chi connectivity index (χ3v) is 2.88. The molecule has 0 aliphatic heterocycles. The van der Waals surface area contributed by atoms with Crippen molar-refractivity contribution < 1.29 is 0 Å². The number of H-pyrrole nitrogens is 1. The topological polar surface area (TPSA) is 44.9 Å². The SMILES string of the molecule is CCCC(C)Nc1cc2ccccc2c(=O)[nH]1. The molecule has 1 aromatic carbocycles. The van der Waals surface area contributed by atoms with Gasteiger partial charge in [-0.05, 0) is 30.9 Å². The normalized spacial score (nSPS) is 12.6. The molecule has 0 radical (unpaired) electrons. The Kier molecular flexibility index (Phi) is 3.47. The van der Waals surface area contributed by atoms with Gasteiger partial charge in [0.05, 0.1) is 0 Å². The van der Waals surface area contributed by atoms with Gasteiger partial charge in [0.1, 0.15) is 5.82 Å². The number of aromatic nitrogens is 1. The molecule has 3 nitrogen and oxygen atoms in total. The molecule has 0 saturated carbocycles. The summed E-state index contributed by atoms with van der Waals surface area (Å²) in [6.07, 6.45) is 2.22. The molecule has 17 heavy (non-hydrogen) atoms. The van der Waals surface area contributed by atoms with Crippen molar-refractivity contribution in [1.82, 2.24) is 4.98 Å². The molecule has 0 bridgehead atoms. The summed E-state index contributed by atoms with van der Waals surface area (Å²) in [4.78, 5) is 14.7. The van der Waals surface area contributed by atoms with Gasteiger partial charge in [0, 0.05) is 11.4 Å². The van der Waals surface area contributed by atoms with Crippen molar-refractivity contribution in [3.8, 4) is 0 Å². The van der Waals surface area contributed by atoms with Crippen molar-refractivity contribution >= 4 is 16.6 Å². The Hall–Kier alpha value is -1.77. The van der Waals surface area contributed by atoms with Gasteiger partial charge in [-0.15, -0.1) is 0 Å². The zero-order valence-electron chi connectivity index (χ0n) is 10.3. The van der Waals surface area contributed by atoms with E-state index in [0.29, 0.717) is 6.04 Å². The highest BCUT2D eigenvalue weighted by atomic mass is 16.1.